The van der Waals surface area contributed by atoms with Crippen LogP contribution in [-0.2, 0) is 9.59 Å². The van der Waals surface area contributed by atoms with Crippen molar-refractivity contribution in [3.05, 3.63) is 0 Å². The Bertz CT molecular complexity index is 248. The average molecular weight is 221 g/mol. The quantitative estimate of drug-likeness (QED) is 0.749. The van der Waals surface area contributed by atoms with Crippen LogP contribution in [0.2, 0.25) is 0 Å². The number of carboxylic acid groups (broad SMARTS) is 1. The molecule has 0 amide bonds. The topological polar surface area (TPSA) is 57.6 Å². The summed E-state index contributed by atoms with van der Waals surface area (Å²) < 4.78 is 24.1. The summed E-state index contributed by atoms with van der Waals surface area (Å²) in [6.45, 7) is 0.987. The molecule has 1 aliphatic heterocycles. The monoisotopic (exact) mass is 221 g/mol. The predicted molar refractivity (Wildman–Crippen MR) is 47.7 cm³/mol. The van der Waals surface area contributed by atoms with Crippen molar-refractivity contribution in [3.8, 4) is 0 Å². The summed E-state index contributed by atoms with van der Waals surface area (Å²) in [4.78, 5) is 23.2. The van der Waals surface area contributed by atoms with Crippen LogP contribution in [0.4, 0.5) is 8.78 Å². The second-order valence-electron chi connectivity index (χ2n) is 3.77. The number of carbonyl (C=O) groups is 2. The molecule has 1 heterocycles. The third-order valence-corrected chi connectivity index (χ3v) is 2.63. The van der Waals surface area contributed by atoms with Gasteiger partial charge in [-0.05, 0) is 6.92 Å². The molecule has 0 unspecified atom stereocenters. The number of carboxylic acids is 1. The first-order valence-electron chi connectivity index (χ1n) is 4.65. The second-order valence-corrected chi connectivity index (χ2v) is 3.77. The Hall–Kier alpha value is -1.04. The van der Waals surface area contributed by atoms with Gasteiger partial charge in [-0.25, -0.2) is 8.78 Å². The maximum absolute atomic E-state index is 12.1. The smallest absolute Gasteiger partial charge is 0.308 e. The number of hydrogen-bond acceptors (Lipinski definition) is 3. The zero-order chi connectivity index (χ0) is 11.6. The highest BCUT2D eigenvalue weighted by molar-refractivity contribution is 5.85. The Labute approximate surface area is 85.9 Å². The molecule has 0 aromatic rings. The van der Waals surface area contributed by atoms with Gasteiger partial charge < -0.3 is 5.11 Å². The molecular weight excluding hydrogens is 208 g/mol. The van der Waals surface area contributed by atoms with Crippen molar-refractivity contribution in [1.29, 1.82) is 0 Å². The van der Waals surface area contributed by atoms with Crippen LogP contribution in [0.3, 0.4) is 0 Å². The lowest BCUT2D eigenvalue weighted by molar-refractivity contribution is -0.144. The molecule has 0 aromatic carbocycles. The van der Waals surface area contributed by atoms with Crippen molar-refractivity contribution >= 4 is 11.8 Å². The van der Waals surface area contributed by atoms with Crippen LogP contribution >= 0.6 is 0 Å². The molecule has 86 valence electrons. The van der Waals surface area contributed by atoms with Crippen LogP contribution in [0.1, 0.15) is 6.92 Å². The highest BCUT2D eigenvalue weighted by atomic mass is 19.3. The molecule has 2 atom stereocenters. The van der Waals surface area contributed by atoms with Gasteiger partial charge in [0.05, 0.1) is 12.5 Å². The standard InChI is InChI=1S/C9H13F2NO3/c1-5(13)6-2-12(4-8(10)11)3-7(6)9(14)15/h6-8H,2-4H2,1H3,(H,14,15)/t6-,7+/m1/s1. The molecular formula is C9H13F2NO3. The number of alkyl halides is 2. The minimum absolute atomic E-state index is 0.0317. The van der Waals surface area contributed by atoms with E-state index in [9.17, 15) is 18.4 Å². The normalized spacial score (nSPS) is 27.2. The third kappa shape index (κ3) is 2.95. The molecule has 1 saturated heterocycles. The molecule has 0 radical (unpaired) electrons. The van der Waals surface area contributed by atoms with E-state index in [1.54, 1.807) is 0 Å². The molecule has 6 heteroatoms. The highest BCUT2D eigenvalue weighted by Gasteiger charge is 2.40. The molecule has 15 heavy (non-hydrogen) atoms. The largest absolute Gasteiger partial charge is 0.481 e. The molecule has 1 fully saturated rings. The minimum Gasteiger partial charge on any atom is -0.481 e. The lowest BCUT2D eigenvalue weighted by Gasteiger charge is -2.13. The molecule has 4 nitrogen and oxygen atoms in total. The number of nitrogens with zero attached hydrogens (tertiary/aromatic N) is 1. The molecule has 1 rings (SSSR count). The van der Waals surface area contributed by atoms with E-state index in [-0.39, 0.29) is 18.9 Å². The highest BCUT2D eigenvalue weighted by Crippen LogP contribution is 2.25. The summed E-state index contributed by atoms with van der Waals surface area (Å²) in [7, 11) is 0. The molecule has 1 aliphatic rings. The summed E-state index contributed by atoms with van der Waals surface area (Å²) in [5.41, 5.74) is 0. The molecule has 0 aromatic heterocycles. The van der Waals surface area contributed by atoms with Crippen LogP contribution in [-0.4, -0.2) is 47.8 Å². The number of carbonyl (C=O) groups excluding carboxylic acids is 1. The first-order valence-corrected chi connectivity index (χ1v) is 4.65. The number of hydrogen-bond donors (Lipinski definition) is 1. The Morgan fingerprint density at radius 1 is 1.40 bits per heavy atom. The van der Waals surface area contributed by atoms with E-state index in [0.717, 1.165) is 0 Å². The Balaban J connectivity index is 2.65. The fraction of sp³-hybridized carbons (Fsp3) is 0.778. The summed E-state index contributed by atoms with van der Waals surface area (Å²) in [6.07, 6.45) is -2.50. The van der Waals surface area contributed by atoms with Crippen molar-refractivity contribution in [1.82, 2.24) is 4.90 Å². The number of halogens is 2. The molecule has 0 saturated carbocycles. The first-order chi connectivity index (χ1) is 6.91. The second kappa shape index (κ2) is 4.65. The van der Waals surface area contributed by atoms with E-state index >= 15 is 0 Å². The van der Waals surface area contributed by atoms with Crippen molar-refractivity contribution in [2.24, 2.45) is 11.8 Å². The SMILES string of the molecule is CC(=O)[C@H]1CN(CC(F)F)C[C@@H]1C(=O)O. The van der Waals surface area contributed by atoms with Crippen molar-refractivity contribution < 1.29 is 23.5 Å². The Kier molecular flexibility index (Phi) is 3.73. The lowest BCUT2D eigenvalue weighted by Crippen LogP contribution is -2.27. The van der Waals surface area contributed by atoms with Gasteiger partial charge in [0.1, 0.15) is 5.78 Å². The number of Topliss-reactive ketones (excluding diaryl/α,β-unsaturated/α-hetero) is 1. The molecule has 0 bridgehead atoms. The van der Waals surface area contributed by atoms with Gasteiger partial charge in [0.15, 0.2) is 0 Å². The van der Waals surface area contributed by atoms with Crippen LogP contribution in [0.5, 0.6) is 0 Å². The van der Waals surface area contributed by atoms with E-state index in [2.05, 4.69) is 0 Å². The van der Waals surface area contributed by atoms with E-state index in [1.165, 1.54) is 11.8 Å². The lowest BCUT2D eigenvalue weighted by atomic mass is 9.93. The Morgan fingerprint density at radius 2 is 1.93 bits per heavy atom. The van der Waals surface area contributed by atoms with E-state index in [1.807, 2.05) is 0 Å². The van der Waals surface area contributed by atoms with Crippen LogP contribution in [0.25, 0.3) is 0 Å². The zero-order valence-corrected chi connectivity index (χ0v) is 8.32. The van der Waals surface area contributed by atoms with E-state index < -0.39 is 30.8 Å². The maximum atomic E-state index is 12.1. The van der Waals surface area contributed by atoms with E-state index in [4.69, 9.17) is 5.11 Å². The number of aliphatic carboxylic acids is 1. The van der Waals surface area contributed by atoms with Crippen molar-refractivity contribution in [3.63, 3.8) is 0 Å². The maximum Gasteiger partial charge on any atom is 0.308 e. The molecule has 1 N–H and O–H groups in total. The van der Waals surface area contributed by atoms with Crippen molar-refractivity contribution in [2.45, 2.75) is 13.3 Å². The summed E-state index contributed by atoms with van der Waals surface area (Å²) in [6, 6.07) is 0. The van der Waals surface area contributed by atoms with Gasteiger partial charge >= 0.3 is 5.97 Å². The molecule has 0 aliphatic carbocycles. The van der Waals surface area contributed by atoms with Crippen molar-refractivity contribution in [2.75, 3.05) is 19.6 Å². The van der Waals surface area contributed by atoms with Gasteiger partial charge in [-0.2, -0.15) is 0 Å². The zero-order valence-electron chi connectivity index (χ0n) is 8.32. The van der Waals surface area contributed by atoms with Gasteiger partial charge in [0, 0.05) is 19.0 Å². The third-order valence-electron chi connectivity index (χ3n) is 2.63. The number of rotatable bonds is 4. The summed E-state index contributed by atoms with van der Waals surface area (Å²) >= 11 is 0. The van der Waals surface area contributed by atoms with Gasteiger partial charge in [0.25, 0.3) is 6.43 Å². The Morgan fingerprint density at radius 3 is 2.27 bits per heavy atom. The van der Waals surface area contributed by atoms with Crippen LogP contribution < -0.4 is 0 Å². The van der Waals surface area contributed by atoms with Crippen LogP contribution in [0, 0.1) is 11.8 Å². The predicted octanol–water partition coefficient (Wildman–Crippen LogP) is 0.473. The van der Waals surface area contributed by atoms with E-state index in [0.29, 0.717) is 0 Å². The fourth-order valence-corrected chi connectivity index (χ4v) is 1.89. The van der Waals surface area contributed by atoms with Crippen LogP contribution in [0.15, 0.2) is 0 Å². The first kappa shape index (κ1) is 12.0. The molecule has 0 spiro atoms. The minimum atomic E-state index is -2.50. The van der Waals surface area contributed by atoms with Gasteiger partial charge in [-0.1, -0.05) is 0 Å². The van der Waals surface area contributed by atoms with Gasteiger partial charge in [-0.3, -0.25) is 14.5 Å². The summed E-state index contributed by atoms with van der Waals surface area (Å²) in [5, 5.41) is 8.82. The fourth-order valence-electron chi connectivity index (χ4n) is 1.89. The van der Waals surface area contributed by atoms with Gasteiger partial charge in [0.2, 0.25) is 0 Å². The van der Waals surface area contributed by atoms with Gasteiger partial charge in [-0.15, -0.1) is 0 Å². The number of ketones is 1. The summed E-state index contributed by atoms with van der Waals surface area (Å²) in [5.74, 6) is -2.84. The average Bonchev–Trinajstić information content (AvgIpc) is 2.46. The number of likely N-dealkylation sites (tertiary alicyclic amines) is 1.